The lowest BCUT2D eigenvalue weighted by atomic mass is 9.61. The number of carboxylic acid groups (broad SMARTS) is 1. The molecule has 0 radical (unpaired) electrons. The Morgan fingerprint density at radius 3 is 1.68 bits per heavy atom. The third kappa shape index (κ3) is 5.54. The second kappa shape index (κ2) is 6.76. The summed E-state index contributed by atoms with van der Waals surface area (Å²) in [7, 11) is 0. The van der Waals surface area contributed by atoms with E-state index in [4.69, 9.17) is 0 Å². The van der Waals surface area contributed by atoms with Crippen molar-refractivity contribution in [1.82, 2.24) is 0 Å². The van der Waals surface area contributed by atoms with E-state index >= 15 is 0 Å². The Hall–Kier alpha value is -0.530. The lowest BCUT2D eigenvalue weighted by molar-refractivity contribution is -0.158. The van der Waals surface area contributed by atoms with E-state index in [1.54, 1.807) is 0 Å². The van der Waals surface area contributed by atoms with Gasteiger partial charge in [-0.15, -0.1) is 0 Å². The molecule has 0 heterocycles. The van der Waals surface area contributed by atoms with Gasteiger partial charge in [0.15, 0.2) is 0 Å². The maximum absolute atomic E-state index is 11.8. The molecule has 0 saturated carbocycles. The third-order valence-corrected chi connectivity index (χ3v) is 4.30. The summed E-state index contributed by atoms with van der Waals surface area (Å²) in [6.07, 6.45) is 5.82. The zero-order chi connectivity index (χ0) is 15.3. The van der Waals surface area contributed by atoms with Gasteiger partial charge in [0.25, 0.3) is 0 Å². The van der Waals surface area contributed by atoms with Crippen molar-refractivity contribution in [2.45, 2.75) is 87.0 Å². The quantitative estimate of drug-likeness (QED) is 0.619. The standard InChI is InChI=1S/C17H34O2/c1-8-11-17(14(18)19,16(5,6)7)13-10-9-12-15(2,3)4/h8-13H2,1-7H3,(H,18,19). The normalized spacial score (nSPS) is 16.2. The van der Waals surface area contributed by atoms with E-state index in [-0.39, 0.29) is 5.41 Å². The Morgan fingerprint density at radius 1 is 0.895 bits per heavy atom. The van der Waals surface area contributed by atoms with Crippen molar-refractivity contribution in [2.24, 2.45) is 16.2 Å². The number of aliphatic carboxylic acids is 1. The minimum atomic E-state index is -0.613. The van der Waals surface area contributed by atoms with E-state index in [0.29, 0.717) is 5.41 Å². The van der Waals surface area contributed by atoms with Crippen LogP contribution in [-0.4, -0.2) is 11.1 Å². The summed E-state index contributed by atoms with van der Waals surface area (Å²) in [5.41, 5.74) is -0.408. The number of unbranched alkanes of at least 4 members (excludes halogenated alkanes) is 1. The van der Waals surface area contributed by atoms with Crippen LogP contribution < -0.4 is 0 Å². The first-order valence-corrected chi connectivity index (χ1v) is 7.70. The molecule has 19 heavy (non-hydrogen) atoms. The third-order valence-electron chi connectivity index (χ3n) is 4.30. The van der Waals surface area contributed by atoms with Crippen molar-refractivity contribution < 1.29 is 9.90 Å². The van der Waals surface area contributed by atoms with Gasteiger partial charge in [-0.3, -0.25) is 4.79 Å². The van der Waals surface area contributed by atoms with Crippen LogP contribution in [0.3, 0.4) is 0 Å². The molecule has 114 valence electrons. The molecule has 1 N–H and O–H groups in total. The van der Waals surface area contributed by atoms with Crippen molar-refractivity contribution in [3.8, 4) is 0 Å². The summed E-state index contributed by atoms with van der Waals surface area (Å²) in [6, 6.07) is 0. The van der Waals surface area contributed by atoms with Crippen LogP contribution in [0.2, 0.25) is 0 Å². The molecule has 0 aromatic rings. The van der Waals surface area contributed by atoms with Crippen LogP contribution in [0.5, 0.6) is 0 Å². The molecule has 0 fully saturated rings. The van der Waals surface area contributed by atoms with Gasteiger partial charge in [0.2, 0.25) is 0 Å². The molecule has 0 aliphatic carbocycles. The molecule has 0 aromatic carbocycles. The molecule has 0 aliphatic heterocycles. The molecule has 0 aromatic heterocycles. The van der Waals surface area contributed by atoms with Gasteiger partial charge in [-0.1, -0.05) is 67.7 Å². The molecule has 1 unspecified atom stereocenters. The second-order valence-corrected chi connectivity index (χ2v) is 8.16. The monoisotopic (exact) mass is 270 g/mol. The van der Waals surface area contributed by atoms with E-state index in [1.807, 2.05) is 0 Å². The number of hydrogen-bond donors (Lipinski definition) is 1. The van der Waals surface area contributed by atoms with E-state index in [2.05, 4.69) is 48.5 Å². The maximum Gasteiger partial charge on any atom is 0.310 e. The second-order valence-electron chi connectivity index (χ2n) is 8.16. The van der Waals surface area contributed by atoms with Gasteiger partial charge >= 0.3 is 5.97 Å². The summed E-state index contributed by atoms with van der Waals surface area (Å²) in [4.78, 5) is 11.8. The molecule has 0 saturated heterocycles. The number of carboxylic acids is 1. The van der Waals surface area contributed by atoms with E-state index in [0.717, 1.165) is 32.1 Å². The summed E-state index contributed by atoms with van der Waals surface area (Å²) in [5.74, 6) is -0.613. The van der Waals surface area contributed by atoms with Gasteiger partial charge in [-0.2, -0.15) is 0 Å². The molecule has 0 bridgehead atoms. The molecular weight excluding hydrogens is 236 g/mol. The minimum absolute atomic E-state index is 0.184. The van der Waals surface area contributed by atoms with Crippen molar-refractivity contribution >= 4 is 5.97 Å². The summed E-state index contributed by atoms with van der Waals surface area (Å²) >= 11 is 0. The van der Waals surface area contributed by atoms with Crippen molar-refractivity contribution in [3.05, 3.63) is 0 Å². The van der Waals surface area contributed by atoms with Crippen molar-refractivity contribution in [1.29, 1.82) is 0 Å². The molecule has 0 aliphatic rings. The molecule has 1 atom stereocenters. The summed E-state index contributed by atoms with van der Waals surface area (Å²) in [6.45, 7) is 15.0. The topological polar surface area (TPSA) is 37.3 Å². The number of rotatable bonds is 7. The summed E-state index contributed by atoms with van der Waals surface area (Å²) in [5, 5.41) is 9.75. The van der Waals surface area contributed by atoms with E-state index in [9.17, 15) is 9.90 Å². The average Bonchev–Trinajstić information content (AvgIpc) is 2.18. The molecule has 0 rings (SSSR count). The zero-order valence-corrected chi connectivity index (χ0v) is 14.1. The van der Waals surface area contributed by atoms with Crippen LogP contribution in [0.15, 0.2) is 0 Å². The van der Waals surface area contributed by atoms with Crippen molar-refractivity contribution in [3.63, 3.8) is 0 Å². The smallest absolute Gasteiger partial charge is 0.310 e. The first-order valence-electron chi connectivity index (χ1n) is 7.70. The Kier molecular flexibility index (Phi) is 6.57. The molecular formula is C17H34O2. The fourth-order valence-corrected chi connectivity index (χ4v) is 2.92. The maximum atomic E-state index is 11.8. The fraction of sp³-hybridized carbons (Fsp3) is 0.941. The van der Waals surface area contributed by atoms with E-state index in [1.165, 1.54) is 6.42 Å². The lowest BCUT2D eigenvalue weighted by Crippen LogP contribution is -2.43. The lowest BCUT2D eigenvalue weighted by Gasteiger charge is -2.41. The average molecular weight is 270 g/mol. The van der Waals surface area contributed by atoms with Crippen LogP contribution in [-0.2, 0) is 4.79 Å². The van der Waals surface area contributed by atoms with E-state index < -0.39 is 11.4 Å². The fourth-order valence-electron chi connectivity index (χ4n) is 2.92. The zero-order valence-electron chi connectivity index (χ0n) is 14.1. The Morgan fingerprint density at radius 2 is 1.37 bits per heavy atom. The molecule has 0 spiro atoms. The molecule has 0 amide bonds. The molecule has 2 heteroatoms. The van der Waals surface area contributed by atoms with Crippen LogP contribution in [0.1, 0.15) is 87.0 Å². The van der Waals surface area contributed by atoms with Crippen LogP contribution >= 0.6 is 0 Å². The van der Waals surface area contributed by atoms with Gasteiger partial charge in [0.1, 0.15) is 0 Å². The first-order chi connectivity index (χ1) is 8.46. The Balaban J connectivity index is 4.74. The highest BCUT2D eigenvalue weighted by atomic mass is 16.4. The minimum Gasteiger partial charge on any atom is -0.481 e. The highest BCUT2D eigenvalue weighted by Crippen LogP contribution is 2.47. The van der Waals surface area contributed by atoms with Crippen LogP contribution in [0.25, 0.3) is 0 Å². The van der Waals surface area contributed by atoms with Gasteiger partial charge in [-0.25, -0.2) is 0 Å². The van der Waals surface area contributed by atoms with Crippen molar-refractivity contribution in [2.75, 3.05) is 0 Å². The van der Waals surface area contributed by atoms with Gasteiger partial charge in [-0.05, 0) is 30.1 Å². The van der Waals surface area contributed by atoms with Crippen LogP contribution in [0, 0.1) is 16.2 Å². The summed E-state index contributed by atoms with van der Waals surface area (Å²) < 4.78 is 0. The SMILES string of the molecule is CCCC(CCCCC(C)(C)C)(C(=O)O)C(C)(C)C. The van der Waals surface area contributed by atoms with Gasteiger partial charge in [0.05, 0.1) is 5.41 Å². The largest absolute Gasteiger partial charge is 0.481 e. The number of hydrogen-bond acceptors (Lipinski definition) is 1. The predicted octanol–water partition coefficient (Wildman–Crippen LogP) is 5.51. The van der Waals surface area contributed by atoms with Crippen LogP contribution in [0.4, 0.5) is 0 Å². The van der Waals surface area contributed by atoms with Gasteiger partial charge < -0.3 is 5.11 Å². The predicted molar refractivity (Wildman–Crippen MR) is 82.4 cm³/mol. The first kappa shape index (κ1) is 18.5. The number of carbonyl (C=O) groups is 1. The highest BCUT2D eigenvalue weighted by Gasteiger charge is 2.47. The highest BCUT2D eigenvalue weighted by molar-refractivity contribution is 5.75. The Bertz CT molecular complexity index is 281. The Labute approximate surface area is 120 Å². The van der Waals surface area contributed by atoms with Gasteiger partial charge in [0, 0.05) is 0 Å². The molecule has 2 nitrogen and oxygen atoms in total.